The molecule has 5 heteroatoms. The van der Waals surface area contributed by atoms with Crippen LogP contribution in [0.1, 0.15) is 72.6 Å². The van der Waals surface area contributed by atoms with Crippen molar-refractivity contribution in [2.45, 2.75) is 90.6 Å². The fourth-order valence-electron chi connectivity index (χ4n) is 6.32. The van der Waals surface area contributed by atoms with E-state index in [1.54, 1.807) is 13.2 Å². The van der Waals surface area contributed by atoms with E-state index in [0.29, 0.717) is 6.61 Å². The summed E-state index contributed by atoms with van der Waals surface area (Å²) in [5.74, 6) is -1.25. The summed E-state index contributed by atoms with van der Waals surface area (Å²) in [6.07, 6.45) is 15.7. The topological polar surface area (TPSA) is 65.0 Å². The molecule has 3 rings (SSSR count). The zero-order chi connectivity index (χ0) is 24.9. The van der Waals surface area contributed by atoms with E-state index in [9.17, 15) is 9.90 Å². The molecule has 3 aliphatic rings. The molecule has 2 saturated carbocycles. The summed E-state index contributed by atoms with van der Waals surface area (Å²) in [7, 11) is 1.61. The lowest BCUT2D eigenvalue weighted by Gasteiger charge is -2.59. The summed E-state index contributed by atoms with van der Waals surface area (Å²) in [5.41, 5.74) is 1.88. The van der Waals surface area contributed by atoms with Crippen molar-refractivity contribution in [1.82, 2.24) is 0 Å². The second kappa shape index (κ2) is 11.4. The van der Waals surface area contributed by atoms with Crippen LogP contribution in [-0.2, 0) is 19.0 Å². The van der Waals surface area contributed by atoms with Gasteiger partial charge in [-0.25, -0.2) is 4.79 Å². The Morgan fingerprint density at radius 3 is 2.76 bits per heavy atom. The average molecular weight is 473 g/mol. The van der Waals surface area contributed by atoms with Crippen LogP contribution < -0.4 is 0 Å². The third-order valence-corrected chi connectivity index (χ3v) is 8.64. The number of methoxy groups -OCH3 is 1. The van der Waals surface area contributed by atoms with Crippen LogP contribution in [0.15, 0.2) is 48.1 Å². The zero-order valence-electron chi connectivity index (χ0n) is 21.7. The van der Waals surface area contributed by atoms with E-state index in [1.165, 1.54) is 25.3 Å². The molecule has 0 aromatic heterocycles. The average Bonchev–Trinajstić information content (AvgIpc) is 3.13. The molecule has 0 bridgehead atoms. The molecule has 0 aromatic carbocycles. The zero-order valence-corrected chi connectivity index (χ0v) is 21.7. The number of unbranched alkanes of at least 4 members (excludes halogenated alkanes) is 3. The van der Waals surface area contributed by atoms with Gasteiger partial charge >= 0.3 is 5.97 Å². The van der Waals surface area contributed by atoms with E-state index in [0.717, 1.165) is 36.8 Å². The Bertz CT molecular complexity index is 826. The number of allylic oxidation sites excluding steroid dienone is 5. The second-order valence-corrected chi connectivity index (χ2v) is 10.7. The highest BCUT2D eigenvalue weighted by atomic mass is 16.7. The number of rotatable bonds is 9. The Morgan fingerprint density at radius 1 is 1.29 bits per heavy atom. The number of fused-ring (bicyclic) bond motifs is 2. The SMILES string of the molecule is C=C1COC2(OC)C1CC1(C)C(C)C(OC(=O)C=CC=C(C)C=CCCCCC)CCC1C2O. The van der Waals surface area contributed by atoms with Crippen LogP contribution >= 0.6 is 0 Å². The lowest BCUT2D eigenvalue weighted by Crippen LogP contribution is -2.64. The van der Waals surface area contributed by atoms with Crippen molar-refractivity contribution in [2.24, 2.45) is 23.2 Å². The van der Waals surface area contributed by atoms with Gasteiger partial charge in [0.15, 0.2) is 0 Å². The van der Waals surface area contributed by atoms with E-state index in [-0.39, 0.29) is 35.2 Å². The number of hydrogen-bond acceptors (Lipinski definition) is 5. The summed E-state index contributed by atoms with van der Waals surface area (Å²) >= 11 is 0. The van der Waals surface area contributed by atoms with E-state index < -0.39 is 11.9 Å². The fraction of sp³-hybridized carbons (Fsp3) is 0.690. The number of hydrogen-bond donors (Lipinski definition) is 1. The summed E-state index contributed by atoms with van der Waals surface area (Å²) in [6, 6.07) is 0. The van der Waals surface area contributed by atoms with E-state index >= 15 is 0 Å². The number of esters is 1. The normalized spacial score (nSPS) is 38.4. The summed E-state index contributed by atoms with van der Waals surface area (Å²) < 4.78 is 17.7. The lowest BCUT2D eigenvalue weighted by molar-refractivity contribution is -0.317. The largest absolute Gasteiger partial charge is 0.459 e. The van der Waals surface area contributed by atoms with Crippen LogP contribution in [0.5, 0.6) is 0 Å². The van der Waals surface area contributed by atoms with Crippen LogP contribution in [-0.4, -0.2) is 42.8 Å². The molecule has 34 heavy (non-hydrogen) atoms. The van der Waals surface area contributed by atoms with Crippen molar-refractivity contribution in [2.75, 3.05) is 13.7 Å². The molecule has 0 aromatic rings. The van der Waals surface area contributed by atoms with Crippen molar-refractivity contribution < 1.29 is 24.1 Å². The van der Waals surface area contributed by atoms with Crippen molar-refractivity contribution in [1.29, 1.82) is 0 Å². The quantitative estimate of drug-likeness (QED) is 0.149. The van der Waals surface area contributed by atoms with Crippen molar-refractivity contribution in [3.8, 4) is 0 Å². The minimum absolute atomic E-state index is 0.0183. The maximum atomic E-state index is 12.6. The highest BCUT2D eigenvalue weighted by molar-refractivity contribution is 5.82. The minimum atomic E-state index is -0.998. The van der Waals surface area contributed by atoms with Gasteiger partial charge in [0.25, 0.3) is 0 Å². The molecular formula is C29H44O5. The van der Waals surface area contributed by atoms with Gasteiger partial charge in [0, 0.05) is 19.1 Å². The van der Waals surface area contributed by atoms with Crippen LogP contribution in [0.2, 0.25) is 0 Å². The van der Waals surface area contributed by atoms with Gasteiger partial charge in [0.2, 0.25) is 5.79 Å². The predicted octanol–water partition coefficient (Wildman–Crippen LogP) is 5.90. The fourth-order valence-corrected chi connectivity index (χ4v) is 6.32. The van der Waals surface area contributed by atoms with Crippen molar-refractivity contribution >= 4 is 5.97 Å². The van der Waals surface area contributed by atoms with Gasteiger partial charge in [-0.05, 0) is 61.9 Å². The summed E-state index contributed by atoms with van der Waals surface area (Å²) in [6.45, 7) is 13.2. The molecule has 1 saturated heterocycles. The van der Waals surface area contributed by atoms with Gasteiger partial charge in [0.05, 0.1) is 6.61 Å². The van der Waals surface area contributed by atoms with Crippen LogP contribution in [0.3, 0.4) is 0 Å². The molecular weight excluding hydrogens is 428 g/mol. The van der Waals surface area contributed by atoms with Crippen LogP contribution in [0, 0.1) is 23.2 Å². The molecule has 1 N–H and O–H groups in total. The number of aliphatic hydroxyl groups excluding tert-OH is 1. The Hall–Kier alpha value is -1.69. The molecule has 7 atom stereocenters. The van der Waals surface area contributed by atoms with E-state index in [4.69, 9.17) is 14.2 Å². The molecule has 2 aliphatic carbocycles. The lowest BCUT2D eigenvalue weighted by atomic mass is 9.50. The molecule has 1 aliphatic heterocycles. The third kappa shape index (κ3) is 5.27. The number of carbonyl (C=O) groups excluding carboxylic acids is 1. The molecule has 7 unspecified atom stereocenters. The Labute approximate surface area is 205 Å². The first-order valence-corrected chi connectivity index (χ1v) is 13.0. The molecule has 0 radical (unpaired) electrons. The number of carbonyl (C=O) groups is 1. The molecule has 1 heterocycles. The highest BCUT2D eigenvalue weighted by Crippen LogP contribution is 2.61. The Morgan fingerprint density at radius 2 is 2.06 bits per heavy atom. The maximum absolute atomic E-state index is 12.6. The van der Waals surface area contributed by atoms with Gasteiger partial charge in [0.1, 0.15) is 12.2 Å². The van der Waals surface area contributed by atoms with Gasteiger partial charge < -0.3 is 19.3 Å². The van der Waals surface area contributed by atoms with Crippen molar-refractivity contribution in [3.63, 3.8) is 0 Å². The Balaban J connectivity index is 1.61. The van der Waals surface area contributed by atoms with Gasteiger partial charge in [-0.3, -0.25) is 0 Å². The second-order valence-electron chi connectivity index (χ2n) is 10.7. The van der Waals surface area contributed by atoms with E-state index in [1.807, 2.05) is 13.0 Å². The van der Waals surface area contributed by atoms with Gasteiger partial charge in [-0.1, -0.05) is 70.1 Å². The van der Waals surface area contributed by atoms with Crippen LogP contribution in [0.4, 0.5) is 0 Å². The summed E-state index contributed by atoms with van der Waals surface area (Å²) in [5, 5.41) is 11.3. The number of ether oxygens (including phenoxy) is 3. The van der Waals surface area contributed by atoms with E-state index in [2.05, 4.69) is 39.5 Å². The number of aliphatic hydroxyl groups is 1. The first-order chi connectivity index (χ1) is 16.2. The highest BCUT2D eigenvalue weighted by Gasteiger charge is 2.65. The maximum Gasteiger partial charge on any atom is 0.331 e. The molecule has 0 amide bonds. The molecule has 0 spiro atoms. The first-order valence-electron chi connectivity index (χ1n) is 13.0. The molecule has 190 valence electrons. The third-order valence-electron chi connectivity index (χ3n) is 8.64. The summed E-state index contributed by atoms with van der Waals surface area (Å²) in [4.78, 5) is 12.6. The predicted molar refractivity (Wildman–Crippen MR) is 135 cm³/mol. The monoisotopic (exact) mass is 472 g/mol. The Kier molecular flexibility index (Phi) is 8.99. The molecule has 3 fully saturated rings. The van der Waals surface area contributed by atoms with Gasteiger partial charge in [-0.2, -0.15) is 0 Å². The standard InChI is InChI=1S/C29H44O5/c1-7-8-9-10-11-13-20(2)14-12-15-26(30)34-25-17-16-23-27(31)29(32-6)24(21(3)19-33-29)18-28(23,5)22(25)4/h11-15,22-25,27,31H,3,7-10,16-19H2,1-2,4-6H3. The molecule has 5 nitrogen and oxygen atoms in total. The smallest absolute Gasteiger partial charge is 0.331 e. The first kappa shape index (κ1) is 26.9. The van der Waals surface area contributed by atoms with Crippen LogP contribution in [0.25, 0.3) is 0 Å². The minimum Gasteiger partial charge on any atom is -0.459 e. The van der Waals surface area contributed by atoms with Gasteiger partial charge in [-0.15, -0.1) is 0 Å². The van der Waals surface area contributed by atoms with Crippen molar-refractivity contribution in [3.05, 3.63) is 48.1 Å².